The molecule has 2 atom stereocenters. The molecule has 0 aliphatic rings. The Morgan fingerprint density at radius 3 is 0.854 bits per heavy atom. The fourth-order valence-corrected chi connectivity index (χ4v) is 9.30. The Morgan fingerprint density at radius 1 is 0.323 bits per heavy atom. The molecule has 0 saturated heterocycles. The fourth-order valence-electron chi connectivity index (χ4n) is 8.57. The third kappa shape index (κ3) is 76.6. The zero-order valence-electron chi connectivity index (χ0n) is 60.4. The maximum absolute atomic E-state index is 12.9. The minimum atomic E-state index is -4.68. The van der Waals surface area contributed by atoms with Crippen molar-refractivity contribution in [2.45, 2.75) is 225 Å². The summed E-state index contributed by atoms with van der Waals surface area (Å²) >= 11 is 0. The topological polar surface area (TPSA) is 111 Å². The summed E-state index contributed by atoms with van der Waals surface area (Å²) in [6.07, 6.45) is 121. The lowest BCUT2D eigenvalue weighted by Gasteiger charge is -2.28. The van der Waals surface area contributed by atoms with E-state index in [1.54, 1.807) is 0 Å². The number of rotatable bonds is 63. The number of quaternary nitrogens is 1. The molecule has 9 nitrogen and oxygen atoms in total. The maximum atomic E-state index is 12.9. The zero-order valence-corrected chi connectivity index (χ0v) is 61.3. The number of ether oxygens (including phenoxy) is 2. The third-order valence-electron chi connectivity index (χ3n) is 14.1. The molecule has 0 aliphatic heterocycles. The van der Waals surface area contributed by atoms with E-state index in [0.717, 1.165) is 180 Å². The molecule has 0 aliphatic carbocycles. The van der Waals surface area contributed by atoms with Gasteiger partial charge in [-0.2, -0.15) is 0 Å². The van der Waals surface area contributed by atoms with Crippen molar-refractivity contribution in [1.82, 2.24) is 0 Å². The van der Waals surface area contributed by atoms with Gasteiger partial charge < -0.3 is 27.9 Å². The maximum Gasteiger partial charge on any atom is 0.306 e. The second-order valence-electron chi connectivity index (χ2n) is 24.1. The average molecular weight is 1340 g/mol. The molecule has 0 saturated carbocycles. The van der Waals surface area contributed by atoms with Gasteiger partial charge in [0.25, 0.3) is 7.82 Å². The molecule has 0 N–H and O–H groups in total. The standard InChI is InChI=1S/C86H130NO8P/c1-6-8-10-12-14-16-18-20-22-24-26-28-30-32-34-36-38-40-41-42-43-44-45-47-49-51-53-55-57-59-61-63-65-67-69-71-73-75-77-79-86(89)95-84(83-94-96(90,91)93-81-80-87(3,4)5)82-92-85(88)78-76-74-72-70-68-66-64-62-60-58-56-54-52-50-48-46-39-37-35-33-31-29-27-25-23-21-19-17-15-13-11-9-7-2/h8-11,14-17,20-23,26-29,32-35,38-40,42-43,45-47,50-53,56-59,62-65,68,70,84H,6-7,12-13,18-19,24-25,30-31,36-37,41,44,48-49,54-55,60-61,66-67,69,71-83H2,1-5H3/b10-8-,11-9-,16-14-,17-15-,22-20-,23-21-,28-26-,29-27-,34-32-,35-33-,40-38-,43-42-,46-39-,47-45-,52-50-,53-51-,58-56-,59-57-,64-62-,65-63-,70-68-. The second kappa shape index (κ2) is 72.8. The molecule has 0 aromatic rings. The average Bonchev–Trinajstić information content (AvgIpc) is 1.98. The molecule has 0 fully saturated rings. The largest absolute Gasteiger partial charge is 0.756 e. The van der Waals surface area contributed by atoms with E-state index in [1.807, 2.05) is 21.1 Å². The first-order valence-corrected chi connectivity index (χ1v) is 37.9. The number of hydrogen-bond acceptors (Lipinski definition) is 8. The summed E-state index contributed by atoms with van der Waals surface area (Å²) in [5.41, 5.74) is 0. The van der Waals surface area contributed by atoms with Crippen molar-refractivity contribution < 1.29 is 42.1 Å². The predicted molar refractivity (Wildman–Crippen MR) is 414 cm³/mol. The lowest BCUT2D eigenvalue weighted by Crippen LogP contribution is -2.37. The summed E-state index contributed by atoms with van der Waals surface area (Å²) in [7, 11) is 1.09. The fraction of sp³-hybridized carbons (Fsp3) is 0.488. The molecule has 0 amide bonds. The van der Waals surface area contributed by atoms with Crippen molar-refractivity contribution in [3.63, 3.8) is 0 Å². The normalized spacial score (nSPS) is 14.6. The van der Waals surface area contributed by atoms with Crippen molar-refractivity contribution in [3.05, 3.63) is 255 Å². The molecule has 0 bridgehead atoms. The molecular weight excluding hydrogens is 1210 g/mol. The highest BCUT2D eigenvalue weighted by molar-refractivity contribution is 7.45. The highest BCUT2D eigenvalue weighted by atomic mass is 31.2. The van der Waals surface area contributed by atoms with Crippen LogP contribution in [0.5, 0.6) is 0 Å². The van der Waals surface area contributed by atoms with E-state index in [-0.39, 0.29) is 26.1 Å². The molecule has 0 aromatic heterocycles. The number of phosphoric acid groups is 1. The van der Waals surface area contributed by atoms with Gasteiger partial charge >= 0.3 is 11.9 Å². The van der Waals surface area contributed by atoms with Crippen LogP contribution < -0.4 is 4.89 Å². The van der Waals surface area contributed by atoms with Gasteiger partial charge in [-0.25, -0.2) is 0 Å². The summed E-state index contributed by atoms with van der Waals surface area (Å²) in [5, 5.41) is 0. The molecular formula is C86H130NO8P. The summed E-state index contributed by atoms with van der Waals surface area (Å²) in [4.78, 5) is 38.1. The van der Waals surface area contributed by atoms with Crippen LogP contribution in [0.15, 0.2) is 255 Å². The minimum absolute atomic E-state index is 0.0576. The number of hydrogen-bond donors (Lipinski definition) is 0. The highest BCUT2D eigenvalue weighted by Gasteiger charge is 2.22. The SMILES string of the molecule is CC/C=C\C/C=C\C/C=C\C/C=C\C/C=C\C/C=C\C/C=C\C/C=C\C/C=C\C/C=C\C/C=C\CCCCCCCC(=O)OC(COC(=O)CCCC/C=C\C/C=C\C/C=C\C/C=C\C/C=C\C/C=C\C/C=C\C/C=C\C/C=C\C/C=C\CC)COP(=O)([O-])OCC[N+](C)(C)C. The van der Waals surface area contributed by atoms with Crippen molar-refractivity contribution in [2.24, 2.45) is 0 Å². The summed E-state index contributed by atoms with van der Waals surface area (Å²) in [6.45, 7) is 3.89. The summed E-state index contributed by atoms with van der Waals surface area (Å²) in [5.74, 6) is -0.931. The van der Waals surface area contributed by atoms with Gasteiger partial charge in [0, 0.05) is 12.8 Å². The number of likely N-dealkylation sites (N-methyl/N-ethyl adjacent to an activating group) is 1. The Hall–Kier alpha value is -6.45. The smallest absolute Gasteiger partial charge is 0.306 e. The van der Waals surface area contributed by atoms with Gasteiger partial charge in [0.1, 0.15) is 19.8 Å². The number of carbonyl (C=O) groups excluding carboxylic acids is 2. The van der Waals surface area contributed by atoms with Crippen LogP contribution >= 0.6 is 7.82 Å². The summed E-state index contributed by atoms with van der Waals surface area (Å²) in [6, 6.07) is 0. The lowest BCUT2D eigenvalue weighted by molar-refractivity contribution is -0.870. The molecule has 10 heteroatoms. The first-order chi connectivity index (χ1) is 47.0. The summed E-state index contributed by atoms with van der Waals surface area (Å²) < 4.78 is 34.2. The Labute approximate surface area is 586 Å². The number of nitrogens with zero attached hydrogens (tertiary/aromatic N) is 1. The van der Waals surface area contributed by atoms with E-state index in [2.05, 4.69) is 269 Å². The number of carbonyl (C=O) groups is 2. The number of allylic oxidation sites excluding steroid dienone is 42. The van der Waals surface area contributed by atoms with Gasteiger partial charge in [-0.15, -0.1) is 0 Å². The van der Waals surface area contributed by atoms with Crippen LogP contribution in [0.2, 0.25) is 0 Å². The van der Waals surface area contributed by atoms with Crippen LogP contribution in [0.3, 0.4) is 0 Å². The molecule has 0 spiro atoms. The minimum Gasteiger partial charge on any atom is -0.756 e. The van der Waals surface area contributed by atoms with Gasteiger partial charge in [-0.05, 0) is 173 Å². The van der Waals surface area contributed by atoms with E-state index >= 15 is 0 Å². The van der Waals surface area contributed by atoms with Gasteiger partial charge in [0.05, 0.1) is 27.7 Å². The van der Waals surface area contributed by atoms with Crippen LogP contribution in [-0.4, -0.2) is 70.0 Å². The van der Waals surface area contributed by atoms with Crippen LogP contribution in [0, 0.1) is 0 Å². The van der Waals surface area contributed by atoms with Crippen molar-refractivity contribution in [2.75, 3.05) is 47.5 Å². The number of esters is 2. The molecule has 0 rings (SSSR count). The molecule has 0 radical (unpaired) electrons. The van der Waals surface area contributed by atoms with E-state index in [4.69, 9.17) is 18.5 Å². The Bertz CT molecular complexity index is 2570. The second-order valence-corrected chi connectivity index (χ2v) is 25.5. The Balaban J connectivity index is 4.28. The van der Waals surface area contributed by atoms with Crippen LogP contribution in [0.4, 0.5) is 0 Å². The van der Waals surface area contributed by atoms with Gasteiger partial charge in [-0.3, -0.25) is 14.2 Å². The zero-order chi connectivity index (χ0) is 69.7. The highest BCUT2D eigenvalue weighted by Crippen LogP contribution is 2.38. The molecule has 2 unspecified atom stereocenters. The third-order valence-corrected chi connectivity index (χ3v) is 15.0. The molecule has 0 aromatic carbocycles. The first kappa shape index (κ1) is 89.5. The predicted octanol–water partition coefficient (Wildman–Crippen LogP) is 23.9. The van der Waals surface area contributed by atoms with E-state index in [1.165, 1.54) is 0 Å². The van der Waals surface area contributed by atoms with Crippen LogP contribution in [0.1, 0.15) is 219 Å². The number of unbranched alkanes of at least 4 members (excludes halogenated alkanes) is 7. The van der Waals surface area contributed by atoms with Crippen LogP contribution in [0.25, 0.3) is 0 Å². The van der Waals surface area contributed by atoms with Crippen LogP contribution in [-0.2, 0) is 32.7 Å². The van der Waals surface area contributed by atoms with E-state index < -0.39 is 32.5 Å². The van der Waals surface area contributed by atoms with Gasteiger partial charge in [-0.1, -0.05) is 288 Å². The van der Waals surface area contributed by atoms with E-state index in [0.29, 0.717) is 23.9 Å². The molecule has 96 heavy (non-hydrogen) atoms. The molecule has 0 heterocycles. The van der Waals surface area contributed by atoms with Crippen molar-refractivity contribution in [1.29, 1.82) is 0 Å². The Morgan fingerprint density at radius 2 is 0.562 bits per heavy atom. The quantitative estimate of drug-likeness (QED) is 0.0195. The lowest BCUT2D eigenvalue weighted by atomic mass is 10.1. The van der Waals surface area contributed by atoms with Gasteiger partial charge in [0.15, 0.2) is 6.10 Å². The van der Waals surface area contributed by atoms with E-state index in [9.17, 15) is 19.0 Å². The Kier molecular flexibility index (Phi) is 67.9. The first-order valence-electron chi connectivity index (χ1n) is 36.4. The van der Waals surface area contributed by atoms with Gasteiger partial charge in [0.2, 0.25) is 0 Å². The monoisotopic (exact) mass is 1340 g/mol. The number of phosphoric ester groups is 1. The molecule has 532 valence electrons. The van der Waals surface area contributed by atoms with Crippen molar-refractivity contribution in [3.8, 4) is 0 Å². The van der Waals surface area contributed by atoms with Crippen molar-refractivity contribution >= 4 is 19.8 Å².